The average molecular weight is 290 g/mol. The van der Waals surface area contributed by atoms with Crippen LogP contribution in [0.2, 0.25) is 0 Å². The van der Waals surface area contributed by atoms with E-state index in [1.807, 2.05) is 4.72 Å². The predicted molar refractivity (Wildman–Crippen MR) is 58.9 cm³/mol. The zero-order valence-electron chi connectivity index (χ0n) is 9.70. The molecule has 0 amide bonds. The first-order chi connectivity index (χ1) is 8.20. The van der Waals surface area contributed by atoms with Crippen LogP contribution in [0.4, 0.5) is 13.2 Å². The Hall–Kier alpha value is -0.380. The number of aliphatic hydroxyl groups is 1. The van der Waals surface area contributed by atoms with Crippen LogP contribution in [-0.2, 0) is 10.2 Å². The molecule has 0 spiro atoms. The maximum absolute atomic E-state index is 11.8. The molecule has 9 heteroatoms. The Kier molecular flexibility index (Phi) is 5.38. The van der Waals surface area contributed by atoms with Crippen LogP contribution < -0.4 is 9.44 Å². The summed E-state index contributed by atoms with van der Waals surface area (Å²) < 4.78 is 61.4. The maximum Gasteiger partial charge on any atom is 0.402 e. The van der Waals surface area contributed by atoms with Crippen LogP contribution in [0.25, 0.3) is 0 Å². The Balaban J connectivity index is 2.36. The first-order valence-electron chi connectivity index (χ1n) is 5.69. The van der Waals surface area contributed by atoms with Crippen molar-refractivity contribution in [2.45, 2.75) is 38.0 Å². The van der Waals surface area contributed by atoms with Crippen molar-refractivity contribution in [3.8, 4) is 0 Å². The topological polar surface area (TPSA) is 78.4 Å². The third-order valence-electron chi connectivity index (χ3n) is 2.87. The Morgan fingerprint density at radius 2 is 1.78 bits per heavy atom. The summed E-state index contributed by atoms with van der Waals surface area (Å²) in [6, 6.07) is 0. The van der Waals surface area contributed by atoms with Gasteiger partial charge >= 0.3 is 6.18 Å². The van der Waals surface area contributed by atoms with Gasteiger partial charge in [-0.25, -0.2) is 4.72 Å². The fourth-order valence-electron chi connectivity index (χ4n) is 1.87. The van der Waals surface area contributed by atoms with Gasteiger partial charge in [0, 0.05) is 6.54 Å². The van der Waals surface area contributed by atoms with Crippen molar-refractivity contribution in [3.05, 3.63) is 0 Å². The molecule has 0 bridgehead atoms. The lowest BCUT2D eigenvalue weighted by atomic mass is 9.87. The average Bonchev–Trinajstić information content (AvgIpc) is 2.25. The first-order valence-corrected chi connectivity index (χ1v) is 7.17. The zero-order valence-corrected chi connectivity index (χ0v) is 10.5. The molecule has 1 rings (SSSR count). The van der Waals surface area contributed by atoms with Crippen molar-refractivity contribution < 1.29 is 26.7 Å². The molecule has 2 atom stereocenters. The molecule has 0 aliphatic heterocycles. The van der Waals surface area contributed by atoms with Crippen LogP contribution in [0.1, 0.15) is 25.7 Å². The summed E-state index contributed by atoms with van der Waals surface area (Å²) in [5.41, 5.74) is 0. The number of rotatable bonds is 5. The number of hydrogen-bond acceptors (Lipinski definition) is 3. The van der Waals surface area contributed by atoms with Crippen molar-refractivity contribution >= 4 is 10.2 Å². The summed E-state index contributed by atoms with van der Waals surface area (Å²) in [6.45, 7) is -1.65. The zero-order chi connectivity index (χ0) is 13.8. The van der Waals surface area contributed by atoms with Crippen LogP contribution in [0, 0.1) is 5.92 Å². The van der Waals surface area contributed by atoms with E-state index in [0.29, 0.717) is 12.8 Å². The standard InChI is InChI=1S/C9H17F3N2O3S/c10-9(11,12)6-14-18(16,17)13-5-7-3-1-2-4-8(7)15/h7-8,13-15H,1-6H2. The van der Waals surface area contributed by atoms with Gasteiger partial charge in [0.25, 0.3) is 10.2 Å². The lowest BCUT2D eigenvalue weighted by molar-refractivity contribution is -0.121. The number of halogens is 3. The minimum atomic E-state index is -4.58. The van der Waals surface area contributed by atoms with Crippen molar-refractivity contribution in [1.82, 2.24) is 9.44 Å². The summed E-state index contributed by atoms with van der Waals surface area (Å²) in [5, 5.41) is 9.59. The van der Waals surface area contributed by atoms with Gasteiger partial charge in [0.15, 0.2) is 0 Å². The molecule has 0 radical (unpaired) electrons. The van der Waals surface area contributed by atoms with E-state index in [4.69, 9.17) is 0 Å². The Morgan fingerprint density at radius 3 is 2.33 bits per heavy atom. The predicted octanol–water partition coefficient (Wildman–Crippen LogP) is 0.524. The molecule has 1 fully saturated rings. The highest BCUT2D eigenvalue weighted by Gasteiger charge is 2.30. The van der Waals surface area contributed by atoms with Gasteiger partial charge in [0.05, 0.1) is 6.10 Å². The molecule has 0 aromatic heterocycles. The summed E-state index contributed by atoms with van der Waals surface area (Å²) in [4.78, 5) is 0. The van der Waals surface area contributed by atoms with E-state index < -0.39 is 29.0 Å². The Morgan fingerprint density at radius 1 is 1.17 bits per heavy atom. The number of aliphatic hydroxyl groups excluding tert-OH is 1. The number of nitrogens with one attached hydrogen (secondary N) is 2. The van der Waals surface area contributed by atoms with Gasteiger partial charge in [-0.3, -0.25) is 0 Å². The molecule has 108 valence electrons. The number of hydrogen-bond donors (Lipinski definition) is 3. The van der Waals surface area contributed by atoms with Gasteiger partial charge < -0.3 is 5.11 Å². The molecule has 3 N–H and O–H groups in total. The van der Waals surface area contributed by atoms with Gasteiger partial charge in [-0.15, -0.1) is 0 Å². The van der Waals surface area contributed by atoms with Crippen LogP contribution >= 0.6 is 0 Å². The molecule has 1 aliphatic rings. The van der Waals surface area contributed by atoms with Gasteiger partial charge in [0.1, 0.15) is 6.54 Å². The second-order valence-corrected chi connectivity index (χ2v) is 5.98. The highest BCUT2D eigenvalue weighted by molar-refractivity contribution is 7.87. The molecule has 1 saturated carbocycles. The minimum absolute atomic E-state index is 0.0473. The second kappa shape index (κ2) is 6.18. The van der Waals surface area contributed by atoms with Crippen LogP contribution in [0.3, 0.4) is 0 Å². The molecule has 1 aliphatic carbocycles. The minimum Gasteiger partial charge on any atom is -0.393 e. The van der Waals surface area contributed by atoms with Crippen LogP contribution in [-0.4, -0.2) is 38.9 Å². The summed E-state index contributed by atoms with van der Waals surface area (Å²) in [7, 11) is -4.17. The third kappa shape index (κ3) is 5.98. The summed E-state index contributed by atoms with van der Waals surface area (Å²) in [5.74, 6) is -0.235. The van der Waals surface area contributed by atoms with Gasteiger partial charge in [0.2, 0.25) is 0 Å². The maximum atomic E-state index is 11.8. The quantitative estimate of drug-likeness (QED) is 0.691. The van der Waals surface area contributed by atoms with Crippen molar-refractivity contribution in [3.63, 3.8) is 0 Å². The molecule has 0 saturated heterocycles. The van der Waals surface area contributed by atoms with E-state index in [1.54, 1.807) is 0 Å². The smallest absolute Gasteiger partial charge is 0.393 e. The SMILES string of the molecule is O=S(=O)(NCC1CCCCC1O)NCC(F)(F)F. The van der Waals surface area contributed by atoms with Crippen molar-refractivity contribution in [2.75, 3.05) is 13.1 Å². The molecule has 5 nitrogen and oxygen atoms in total. The van der Waals surface area contributed by atoms with E-state index in [2.05, 4.69) is 0 Å². The molecule has 0 aromatic rings. The lowest BCUT2D eigenvalue weighted by Gasteiger charge is -2.27. The monoisotopic (exact) mass is 290 g/mol. The van der Waals surface area contributed by atoms with Crippen molar-refractivity contribution in [1.29, 1.82) is 0 Å². The third-order valence-corrected chi connectivity index (χ3v) is 3.94. The fraction of sp³-hybridized carbons (Fsp3) is 1.00. The van der Waals surface area contributed by atoms with Crippen molar-refractivity contribution in [2.24, 2.45) is 5.92 Å². The largest absolute Gasteiger partial charge is 0.402 e. The van der Waals surface area contributed by atoms with E-state index in [9.17, 15) is 26.7 Å². The van der Waals surface area contributed by atoms with Crippen LogP contribution in [0.15, 0.2) is 0 Å². The second-order valence-electron chi connectivity index (χ2n) is 4.40. The fourth-order valence-corrected chi connectivity index (χ4v) is 2.76. The van der Waals surface area contributed by atoms with Gasteiger partial charge in [-0.2, -0.15) is 26.3 Å². The molecule has 2 unspecified atom stereocenters. The van der Waals surface area contributed by atoms with E-state index >= 15 is 0 Å². The normalized spacial score (nSPS) is 26.2. The van der Waals surface area contributed by atoms with Gasteiger partial charge in [-0.1, -0.05) is 12.8 Å². The lowest BCUT2D eigenvalue weighted by Crippen LogP contribution is -2.44. The van der Waals surface area contributed by atoms with E-state index in [0.717, 1.165) is 12.8 Å². The van der Waals surface area contributed by atoms with Gasteiger partial charge in [-0.05, 0) is 18.8 Å². The summed E-state index contributed by atoms with van der Waals surface area (Å²) in [6.07, 6.45) is -2.13. The van der Waals surface area contributed by atoms with E-state index in [1.165, 1.54) is 4.72 Å². The number of alkyl halides is 3. The molecular formula is C9H17F3N2O3S. The molecular weight excluding hydrogens is 273 g/mol. The molecule has 18 heavy (non-hydrogen) atoms. The Labute approximate surface area is 104 Å². The molecule has 0 aromatic carbocycles. The molecule has 0 heterocycles. The van der Waals surface area contributed by atoms with Crippen LogP contribution in [0.5, 0.6) is 0 Å². The Bertz CT molecular complexity index is 359. The summed E-state index contributed by atoms with van der Waals surface area (Å²) >= 11 is 0. The first kappa shape index (κ1) is 15.7. The highest BCUT2D eigenvalue weighted by atomic mass is 32.2. The van der Waals surface area contributed by atoms with E-state index in [-0.39, 0.29) is 12.5 Å². The highest BCUT2D eigenvalue weighted by Crippen LogP contribution is 2.23.